The Morgan fingerprint density at radius 2 is 1.74 bits per heavy atom. The van der Waals surface area contributed by atoms with Gasteiger partial charge < -0.3 is 14.7 Å². The predicted octanol–water partition coefficient (Wildman–Crippen LogP) is 3.36. The van der Waals surface area contributed by atoms with Gasteiger partial charge in [0.15, 0.2) is 0 Å². The predicted molar refractivity (Wildman–Crippen MR) is 104 cm³/mol. The van der Waals surface area contributed by atoms with Gasteiger partial charge in [0, 0.05) is 24.1 Å². The van der Waals surface area contributed by atoms with Crippen LogP contribution in [0.25, 0.3) is 0 Å². The van der Waals surface area contributed by atoms with Crippen molar-refractivity contribution in [3.63, 3.8) is 0 Å². The maximum absolute atomic E-state index is 12.3. The highest BCUT2D eigenvalue weighted by Crippen LogP contribution is 2.18. The molecule has 3 rings (SSSR count). The second-order valence-corrected chi connectivity index (χ2v) is 7.35. The monoisotopic (exact) mass is 432 g/mol. The number of amides is 1. The van der Waals surface area contributed by atoms with Crippen molar-refractivity contribution in [3.8, 4) is 0 Å². The smallest absolute Gasteiger partial charge is 0.410 e. The van der Waals surface area contributed by atoms with E-state index >= 15 is 0 Å². The lowest BCUT2D eigenvalue weighted by molar-refractivity contribution is -0.145. The molecule has 27 heavy (non-hydrogen) atoms. The fraction of sp³-hybridized carbons (Fsp3) is 0.300. The van der Waals surface area contributed by atoms with Gasteiger partial charge in [0.1, 0.15) is 12.6 Å². The molecular weight excluding hydrogens is 412 g/mol. The second-order valence-electron chi connectivity index (χ2n) is 6.44. The van der Waals surface area contributed by atoms with Gasteiger partial charge in [-0.3, -0.25) is 9.69 Å². The van der Waals surface area contributed by atoms with Crippen LogP contribution in [-0.4, -0.2) is 52.6 Å². The number of rotatable bonds is 5. The van der Waals surface area contributed by atoms with Crippen LogP contribution in [0.5, 0.6) is 0 Å². The highest BCUT2D eigenvalue weighted by atomic mass is 79.9. The van der Waals surface area contributed by atoms with Crippen molar-refractivity contribution >= 4 is 28.0 Å². The normalized spacial score (nSPS) is 17.5. The number of carboxylic acid groups (broad SMARTS) is 1. The molecule has 0 saturated carbocycles. The van der Waals surface area contributed by atoms with E-state index in [9.17, 15) is 14.7 Å². The van der Waals surface area contributed by atoms with Crippen molar-refractivity contribution in [2.75, 3.05) is 19.6 Å². The van der Waals surface area contributed by atoms with Gasteiger partial charge in [-0.2, -0.15) is 0 Å². The number of ether oxygens (including phenoxy) is 1. The molecule has 0 spiro atoms. The molecule has 1 saturated heterocycles. The molecule has 0 aliphatic carbocycles. The zero-order valence-electron chi connectivity index (χ0n) is 14.8. The van der Waals surface area contributed by atoms with E-state index in [1.54, 1.807) is 0 Å². The Labute approximate surface area is 166 Å². The van der Waals surface area contributed by atoms with Gasteiger partial charge in [0.05, 0.1) is 6.54 Å². The lowest BCUT2D eigenvalue weighted by atomic mass is 10.1. The molecule has 1 aliphatic heterocycles. The molecule has 1 unspecified atom stereocenters. The van der Waals surface area contributed by atoms with Crippen LogP contribution < -0.4 is 0 Å². The van der Waals surface area contributed by atoms with Gasteiger partial charge in [-0.15, -0.1) is 0 Å². The summed E-state index contributed by atoms with van der Waals surface area (Å²) >= 11 is 3.40. The summed E-state index contributed by atoms with van der Waals surface area (Å²) in [5, 5.41) is 9.61. The topological polar surface area (TPSA) is 70.1 Å². The van der Waals surface area contributed by atoms with Crippen LogP contribution in [0.4, 0.5) is 4.79 Å². The first-order chi connectivity index (χ1) is 13.0. The van der Waals surface area contributed by atoms with E-state index in [-0.39, 0.29) is 13.2 Å². The lowest BCUT2D eigenvalue weighted by Gasteiger charge is -2.38. The third-order valence-corrected chi connectivity index (χ3v) is 5.07. The number of aliphatic carboxylic acids is 1. The van der Waals surface area contributed by atoms with Gasteiger partial charge >= 0.3 is 12.1 Å². The molecule has 142 valence electrons. The van der Waals surface area contributed by atoms with Gasteiger partial charge in [-0.05, 0) is 23.3 Å². The van der Waals surface area contributed by atoms with Gasteiger partial charge in [0.25, 0.3) is 0 Å². The Kier molecular flexibility index (Phi) is 6.47. The van der Waals surface area contributed by atoms with E-state index in [0.717, 1.165) is 15.6 Å². The van der Waals surface area contributed by atoms with E-state index in [1.807, 2.05) is 59.5 Å². The number of carbonyl (C=O) groups excluding carboxylic acids is 1. The molecular formula is C20H21BrN2O4. The zero-order chi connectivity index (χ0) is 19.2. The molecule has 1 heterocycles. The Hall–Kier alpha value is -2.38. The average Bonchev–Trinajstić information content (AvgIpc) is 2.69. The van der Waals surface area contributed by atoms with Crippen molar-refractivity contribution in [1.29, 1.82) is 0 Å². The number of halogens is 1. The van der Waals surface area contributed by atoms with E-state index in [0.29, 0.717) is 19.6 Å². The minimum absolute atomic E-state index is 0.111. The van der Waals surface area contributed by atoms with Crippen LogP contribution in [0.3, 0.4) is 0 Å². The van der Waals surface area contributed by atoms with E-state index in [2.05, 4.69) is 15.9 Å². The van der Waals surface area contributed by atoms with Crippen molar-refractivity contribution in [2.24, 2.45) is 0 Å². The SMILES string of the molecule is O=C(O)C1CN(C(=O)OCc2ccccc2)CCN1Cc1ccc(Br)cc1. The van der Waals surface area contributed by atoms with Crippen molar-refractivity contribution in [3.05, 3.63) is 70.2 Å². The number of hydrogen-bond acceptors (Lipinski definition) is 4. The number of hydrogen-bond donors (Lipinski definition) is 1. The van der Waals surface area contributed by atoms with Crippen LogP contribution in [0.1, 0.15) is 11.1 Å². The molecule has 1 amide bonds. The average molecular weight is 433 g/mol. The summed E-state index contributed by atoms with van der Waals surface area (Å²) in [5.74, 6) is -0.937. The molecule has 0 bridgehead atoms. The fourth-order valence-electron chi connectivity index (χ4n) is 3.04. The van der Waals surface area contributed by atoms with Crippen LogP contribution in [0.2, 0.25) is 0 Å². The molecule has 2 aromatic carbocycles. The van der Waals surface area contributed by atoms with Crippen molar-refractivity contribution in [2.45, 2.75) is 19.2 Å². The summed E-state index contributed by atoms with van der Waals surface area (Å²) in [7, 11) is 0. The molecule has 2 aromatic rings. The quantitative estimate of drug-likeness (QED) is 0.784. The first-order valence-corrected chi connectivity index (χ1v) is 9.49. The zero-order valence-corrected chi connectivity index (χ0v) is 16.3. The number of carbonyl (C=O) groups is 2. The minimum Gasteiger partial charge on any atom is -0.480 e. The Bertz CT molecular complexity index is 782. The number of piperazine rings is 1. The maximum Gasteiger partial charge on any atom is 0.410 e. The van der Waals surface area contributed by atoms with Crippen LogP contribution in [0, 0.1) is 0 Å². The van der Waals surface area contributed by atoms with Crippen molar-refractivity contribution < 1.29 is 19.4 Å². The van der Waals surface area contributed by atoms with Crippen LogP contribution >= 0.6 is 15.9 Å². The van der Waals surface area contributed by atoms with E-state index < -0.39 is 18.1 Å². The van der Waals surface area contributed by atoms with Crippen molar-refractivity contribution in [1.82, 2.24) is 9.80 Å². The molecule has 0 radical (unpaired) electrons. The molecule has 7 heteroatoms. The lowest BCUT2D eigenvalue weighted by Crippen LogP contribution is -2.57. The Morgan fingerprint density at radius 3 is 2.41 bits per heavy atom. The van der Waals surface area contributed by atoms with Crippen LogP contribution in [-0.2, 0) is 22.7 Å². The Morgan fingerprint density at radius 1 is 1.04 bits per heavy atom. The van der Waals surface area contributed by atoms with Gasteiger partial charge in [-0.1, -0.05) is 58.4 Å². The maximum atomic E-state index is 12.3. The van der Waals surface area contributed by atoms with Crippen LogP contribution in [0.15, 0.2) is 59.1 Å². The highest BCUT2D eigenvalue weighted by molar-refractivity contribution is 9.10. The fourth-order valence-corrected chi connectivity index (χ4v) is 3.31. The summed E-state index contributed by atoms with van der Waals surface area (Å²) < 4.78 is 6.31. The van der Waals surface area contributed by atoms with E-state index in [4.69, 9.17) is 4.74 Å². The summed E-state index contributed by atoms with van der Waals surface area (Å²) in [4.78, 5) is 27.4. The second kappa shape index (κ2) is 9.01. The summed E-state index contributed by atoms with van der Waals surface area (Å²) in [6.45, 7) is 1.73. The molecule has 0 aromatic heterocycles. The third-order valence-electron chi connectivity index (χ3n) is 4.54. The Balaban J connectivity index is 1.58. The minimum atomic E-state index is -0.937. The van der Waals surface area contributed by atoms with E-state index in [1.165, 1.54) is 4.90 Å². The first kappa shape index (κ1) is 19.4. The third kappa shape index (κ3) is 5.30. The molecule has 1 N–H and O–H groups in total. The first-order valence-electron chi connectivity index (χ1n) is 8.70. The standard InChI is InChI=1S/C20H21BrN2O4/c21-17-8-6-15(7-9-17)12-22-10-11-23(13-18(22)19(24)25)20(26)27-14-16-4-2-1-3-5-16/h1-9,18H,10-14H2,(H,24,25). The number of nitrogens with zero attached hydrogens (tertiary/aromatic N) is 2. The summed E-state index contributed by atoms with van der Waals surface area (Å²) in [6, 6.07) is 16.4. The largest absolute Gasteiger partial charge is 0.480 e. The van der Waals surface area contributed by atoms with Gasteiger partial charge in [0.2, 0.25) is 0 Å². The molecule has 1 atom stereocenters. The molecule has 1 aliphatic rings. The van der Waals surface area contributed by atoms with Gasteiger partial charge in [-0.25, -0.2) is 4.79 Å². The summed E-state index contributed by atoms with van der Waals surface area (Å²) in [6.07, 6.45) is -0.478. The molecule has 1 fully saturated rings. The number of benzene rings is 2. The molecule has 6 nitrogen and oxygen atoms in total. The highest BCUT2D eigenvalue weighted by Gasteiger charge is 2.34. The summed E-state index contributed by atoms with van der Waals surface area (Å²) in [5.41, 5.74) is 1.93. The number of carboxylic acids is 1.